The number of piperidine rings is 1. The Hall–Kier alpha value is -2.87. The average molecular weight is 429 g/mol. The van der Waals surface area contributed by atoms with Crippen molar-refractivity contribution in [1.29, 1.82) is 0 Å². The lowest BCUT2D eigenvalue weighted by molar-refractivity contribution is -0.117. The minimum absolute atomic E-state index is 0.147. The van der Waals surface area contributed by atoms with Crippen LogP contribution in [0.25, 0.3) is 0 Å². The number of hydrogen-bond acceptors (Lipinski definition) is 6. The number of aryl methyl sites for hydroxylation is 2. The number of likely N-dealkylation sites (tertiary alicyclic amines) is 1. The average Bonchev–Trinajstić information content (AvgIpc) is 3.14. The van der Waals surface area contributed by atoms with Gasteiger partial charge in [-0.2, -0.15) is 5.10 Å². The topological polar surface area (TPSA) is 85.7 Å². The van der Waals surface area contributed by atoms with Gasteiger partial charge in [0.15, 0.2) is 0 Å². The molecular formula is C23H32N4O4. The highest BCUT2D eigenvalue weighted by Gasteiger charge is 2.23. The third kappa shape index (κ3) is 6.30. The van der Waals surface area contributed by atoms with Gasteiger partial charge in [-0.1, -0.05) is 12.1 Å². The van der Waals surface area contributed by atoms with Gasteiger partial charge in [0.2, 0.25) is 5.91 Å². The summed E-state index contributed by atoms with van der Waals surface area (Å²) in [5.74, 6) is 1.30. The van der Waals surface area contributed by atoms with Crippen molar-refractivity contribution in [2.45, 2.75) is 32.6 Å². The monoisotopic (exact) mass is 428 g/mol. The maximum Gasteiger partial charge on any atom is 0.343 e. The van der Waals surface area contributed by atoms with Gasteiger partial charge in [-0.3, -0.25) is 14.4 Å². The van der Waals surface area contributed by atoms with Gasteiger partial charge in [-0.15, -0.1) is 0 Å². The van der Waals surface area contributed by atoms with Crippen LogP contribution in [0.1, 0.15) is 42.1 Å². The van der Waals surface area contributed by atoms with E-state index in [0.717, 1.165) is 44.5 Å². The Morgan fingerprint density at radius 1 is 1.19 bits per heavy atom. The fourth-order valence-electron chi connectivity index (χ4n) is 3.91. The second kappa shape index (κ2) is 10.9. The highest BCUT2D eigenvalue weighted by molar-refractivity contribution is 6.00. The molecule has 3 rings (SSSR count). The first-order valence-corrected chi connectivity index (χ1v) is 10.8. The largest absolute Gasteiger partial charge is 0.497 e. The quantitative estimate of drug-likeness (QED) is 0.618. The molecule has 0 aliphatic carbocycles. The highest BCUT2D eigenvalue weighted by atomic mass is 16.5. The summed E-state index contributed by atoms with van der Waals surface area (Å²) in [5, 5.41) is 6.89. The molecule has 1 saturated heterocycles. The fraction of sp³-hybridized carbons (Fsp3) is 0.522. The van der Waals surface area contributed by atoms with Crippen molar-refractivity contribution in [3.63, 3.8) is 0 Å². The van der Waals surface area contributed by atoms with Crippen LogP contribution < -0.4 is 10.1 Å². The van der Waals surface area contributed by atoms with Crippen LogP contribution in [0.2, 0.25) is 0 Å². The Balaban J connectivity index is 1.43. The molecule has 2 heterocycles. The minimum atomic E-state index is -0.483. The van der Waals surface area contributed by atoms with Crippen LogP contribution in [0.4, 0.5) is 5.82 Å². The second-order valence-corrected chi connectivity index (χ2v) is 7.91. The Kier molecular flexibility index (Phi) is 8.06. The normalized spacial score (nSPS) is 14.9. The van der Waals surface area contributed by atoms with Crippen molar-refractivity contribution in [2.75, 3.05) is 38.7 Å². The molecule has 0 unspecified atom stereocenters. The molecule has 1 aromatic carbocycles. The van der Waals surface area contributed by atoms with E-state index in [1.807, 2.05) is 12.1 Å². The van der Waals surface area contributed by atoms with Gasteiger partial charge < -0.3 is 14.8 Å². The first kappa shape index (κ1) is 22.8. The summed E-state index contributed by atoms with van der Waals surface area (Å²) >= 11 is 0. The fourth-order valence-corrected chi connectivity index (χ4v) is 3.91. The van der Waals surface area contributed by atoms with E-state index in [9.17, 15) is 9.59 Å². The number of esters is 1. The van der Waals surface area contributed by atoms with E-state index in [4.69, 9.17) is 9.47 Å². The molecule has 8 heteroatoms. The lowest BCUT2D eigenvalue weighted by Crippen LogP contribution is -2.39. The number of amides is 1. The van der Waals surface area contributed by atoms with Gasteiger partial charge in [-0.25, -0.2) is 4.79 Å². The molecule has 8 nitrogen and oxygen atoms in total. The van der Waals surface area contributed by atoms with Crippen LogP contribution >= 0.6 is 0 Å². The lowest BCUT2D eigenvalue weighted by atomic mass is 9.90. The zero-order valence-corrected chi connectivity index (χ0v) is 18.6. The van der Waals surface area contributed by atoms with Crippen LogP contribution in [0.3, 0.4) is 0 Å². The van der Waals surface area contributed by atoms with E-state index >= 15 is 0 Å². The Morgan fingerprint density at radius 2 is 1.90 bits per heavy atom. The van der Waals surface area contributed by atoms with Gasteiger partial charge in [-0.05, 0) is 69.3 Å². The molecule has 0 atom stereocenters. The van der Waals surface area contributed by atoms with Crippen molar-refractivity contribution < 1.29 is 19.1 Å². The van der Waals surface area contributed by atoms with E-state index in [2.05, 4.69) is 27.4 Å². The number of aromatic nitrogens is 2. The number of carbonyl (C=O) groups is 2. The number of benzene rings is 1. The smallest absolute Gasteiger partial charge is 0.343 e. The van der Waals surface area contributed by atoms with E-state index in [1.54, 1.807) is 21.1 Å². The number of hydrogen-bond donors (Lipinski definition) is 1. The van der Waals surface area contributed by atoms with Crippen LogP contribution in [-0.4, -0.2) is 59.9 Å². The number of ether oxygens (including phenoxy) is 2. The molecule has 1 aromatic heterocycles. The van der Waals surface area contributed by atoms with Gasteiger partial charge in [0, 0.05) is 7.05 Å². The molecule has 31 heavy (non-hydrogen) atoms. The molecule has 0 radical (unpaired) electrons. The first-order chi connectivity index (χ1) is 15.0. The van der Waals surface area contributed by atoms with Crippen LogP contribution in [0.15, 0.2) is 30.5 Å². The number of rotatable bonds is 9. The van der Waals surface area contributed by atoms with Gasteiger partial charge in [0.05, 0.1) is 26.5 Å². The second-order valence-electron chi connectivity index (χ2n) is 7.91. The minimum Gasteiger partial charge on any atom is -0.497 e. The number of methoxy groups -OCH3 is 1. The summed E-state index contributed by atoms with van der Waals surface area (Å²) in [7, 11) is 3.37. The van der Waals surface area contributed by atoms with E-state index in [0.29, 0.717) is 18.3 Å². The van der Waals surface area contributed by atoms with Crippen molar-refractivity contribution in [3.05, 3.63) is 41.6 Å². The number of nitrogens with one attached hydrogen (secondary N) is 1. The zero-order chi connectivity index (χ0) is 22.2. The maximum absolute atomic E-state index is 12.6. The molecule has 1 fully saturated rings. The third-order valence-corrected chi connectivity index (χ3v) is 5.77. The molecular weight excluding hydrogens is 396 g/mol. The maximum atomic E-state index is 12.6. The summed E-state index contributed by atoms with van der Waals surface area (Å²) in [6.07, 6.45) is 5.81. The van der Waals surface area contributed by atoms with Crippen molar-refractivity contribution in [2.24, 2.45) is 13.0 Å². The van der Waals surface area contributed by atoms with E-state index < -0.39 is 5.97 Å². The van der Waals surface area contributed by atoms with E-state index in [-0.39, 0.29) is 18.1 Å². The summed E-state index contributed by atoms with van der Waals surface area (Å²) in [5.41, 5.74) is 1.60. The van der Waals surface area contributed by atoms with Crippen molar-refractivity contribution >= 4 is 17.7 Å². The lowest BCUT2D eigenvalue weighted by Gasteiger charge is -2.31. The van der Waals surface area contributed by atoms with Gasteiger partial charge in [0.25, 0.3) is 0 Å². The summed E-state index contributed by atoms with van der Waals surface area (Å²) < 4.78 is 11.7. The molecule has 0 bridgehead atoms. The molecule has 0 spiro atoms. The molecule has 1 aliphatic rings. The summed E-state index contributed by atoms with van der Waals surface area (Å²) in [6.45, 7) is 4.12. The first-order valence-electron chi connectivity index (χ1n) is 10.8. The highest BCUT2D eigenvalue weighted by Crippen LogP contribution is 2.23. The summed E-state index contributed by atoms with van der Waals surface area (Å²) in [6, 6.07) is 8.26. The Bertz CT molecular complexity index is 870. The van der Waals surface area contributed by atoms with Crippen LogP contribution in [0, 0.1) is 5.92 Å². The number of carbonyl (C=O) groups excluding carboxylic acids is 2. The molecule has 1 aliphatic heterocycles. The number of nitrogens with zero attached hydrogens (tertiary/aromatic N) is 3. The Labute approximate surface area is 183 Å². The standard InChI is InChI=1S/C23H32N4O4/c1-4-31-23(29)20-15-24-26(2)22(20)25-21(28)16-27-13-11-18(12-14-27)6-5-17-7-9-19(30-3)10-8-17/h7-10,15,18H,4-6,11-14,16H2,1-3H3,(H,25,28). The van der Waals surface area contributed by atoms with Crippen LogP contribution in [-0.2, 0) is 23.0 Å². The molecule has 0 saturated carbocycles. The van der Waals surface area contributed by atoms with E-state index in [1.165, 1.54) is 16.4 Å². The Morgan fingerprint density at radius 3 is 2.55 bits per heavy atom. The van der Waals surface area contributed by atoms with Gasteiger partial charge in [0.1, 0.15) is 17.1 Å². The molecule has 168 valence electrons. The van der Waals surface area contributed by atoms with Crippen molar-refractivity contribution in [1.82, 2.24) is 14.7 Å². The SMILES string of the molecule is CCOC(=O)c1cnn(C)c1NC(=O)CN1CCC(CCc2ccc(OC)cc2)CC1. The summed E-state index contributed by atoms with van der Waals surface area (Å²) in [4.78, 5) is 26.8. The molecule has 1 N–H and O–H groups in total. The third-order valence-electron chi connectivity index (χ3n) is 5.77. The number of anilines is 1. The molecule has 2 aromatic rings. The molecule has 1 amide bonds. The predicted molar refractivity (Wildman–Crippen MR) is 118 cm³/mol. The van der Waals surface area contributed by atoms with Gasteiger partial charge >= 0.3 is 5.97 Å². The van der Waals surface area contributed by atoms with Crippen molar-refractivity contribution in [3.8, 4) is 5.75 Å². The van der Waals surface area contributed by atoms with Crippen LogP contribution in [0.5, 0.6) is 5.75 Å². The zero-order valence-electron chi connectivity index (χ0n) is 18.6. The predicted octanol–water partition coefficient (Wildman–Crippen LogP) is 2.89.